The Bertz CT molecular complexity index is 8860. The monoisotopic (exact) mass is 1780 g/mol. The van der Waals surface area contributed by atoms with Crippen molar-refractivity contribution in [2.24, 2.45) is 0 Å². The van der Waals surface area contributed by atoms with Gasteiger partial charge in [-0.25, -0.2) is 9.97 Å². The quantitative estimate of drug-likeness (QED) is 0.0331. The Morgan fingerprint density at radius 2 is 0.307 bits per heavy atom. The van der Waals surface area contributed by atoms with Crippen molar-refractivity contribution in [3.05, 3.63) is 389 Å². The van der Waals surface area contributed by atoms with Gasteiger partial charge in [-0.2, -0.15) is 0 Å². The number of nitrogens with one attached hydrogen (secondary N) is 8. The van der Waals surface area contributed by atoms with Gasteiger partial charge < -0.3 is 29.9 Å². The van der Waals surface area contributed by atoms with Crippen LogP contribution in [0.3, 0.4) is 0 Å². The number of rotatable bonds is 16. The van der Waals surface area contributed by atoms with Crippen LogP contribution >= 0.6 is 0 Å². The van der Waals surface area contributed by atoms with Crippen molar-refractivity contribution in [3.8, 4) is 45.6 Å². The molecule has 0 atom stereocenters. The summed E-state index contributed by atoms with van der Waals surface area (Å²) >= 11 is 0. The van der Waals surface area contributed by atoms with Gasteiger partial charge in [-0.05, 0) is 97.1 Å². The van der Waals surface area contributed by atoms with E-state index in [4.69, 9.17) is 39.9 Å². The molecule has 24 nitrogen and oxygen atoms in total. The van der Waals surface area contributed by atoms with Gasteiger partial charge in [0.25, 0.3) is 0 Å². The molecule has 642 valence electrons. The molecule has 0 fully saturated rings. The van der Waals surface area contributed by atoms with Crippen LogP contribution in [-0.2, 0) is 0 Å². The summed E-state index contributed by atoms with van der Waals surface area (Å²) in [7, 11) is 0. The van der Waals surface area contributed by atoms with Crippen LogP contribution in [-0.4, -0.2) is 90.4 Å². The smallest absolute Gasteiger partial charge is 0.357 e. The summed E-state index contributed by atoms with van der Waals surface area (Å²) < 4.78 is 16.6. The fourth-order valence-electron chi connectivity index (χ4n) is 20.8. The van der Waals surface area contributed by atoms with Gasteiger partial charge in [0, 0.05) is 202 Å². The number of hydrogen-bond acceptors (Lipinski definition) is 14. The van der Waals surface area contributed by atoms with Gasteiger partial charge in [0.15, 0.2) is 0 Å². The molecule has 16 aromatic carbocycles. The standard InChI is InChI=1S/C112H72N24.Mg/c1-17-41-81-65(25-1)49-57-129(81)121-97-73-33-9-10-34-74(73)98(122-130-58-50-66-26-2-18-42-82(66)130)90-89(97)105-113-106(90)118-108-93-94(102(126-134-62-54-70-30-6-22-46-86(70)134)78-38-14-13-37-77(78)101(93)125-133-61-53-69-29-5-21-45-85(69)133)110(115-108)120-112-96-95(103(127-135-63-55-71-31-7-23-47-87(71)135)79-39-15-16-40-80(79)104(96)128-136-64-56-72-32-8-24-48-88(72)136)111(116-112)119-109-92-91(107(114-109)117-105)99(123-131-59-51-67-27-3-19-43-83(67)131)75-35-11-12-36-76(75)100(92)124-132-60-52-68-28-4-20-44-84(68)132;/h1-64,121-128H;/q-2;+2. The van der Waals surface area contributed by atoms with Crippen LogP contribution in [0, 0.1) is 0 Å². The van der Waals surface area contributed by atoms with Gasteiger partial charge in [-0.3, -0.25) is 80.8 Å². The van der Waals surface area contributed by atoms with Gasteiger partial charge in [-0.15, -0.1) is 0 Å². The molecule has 13 heterocycles. The molecule has 0 unspecified atom stereocenters. The molecule has 0 aliphatic carbocycles. The molecule has 2 aliphatic heterocycles. The fourth-order valence-corrected chi connectivity index (χ4v) is 20.8. The van der Waals surface area contributed by atoms with E-state index in [1.807, 2.05) is 0 Å². The van der Waals surface area contributed by atoms with Crippen LogP contribution in [0.2, 0.25) is 0 Å². The molecular weight excluding hydrogens is 1710 g/mol. The van der Waals surface area contributed by atoms with Gasteiger partial charge in [0.2, 0.25) is 0 Å². The van der Waals surface area contributed by atoms with E-state index in [9.17, 15) is 0 Å². The Labute approximate surface area is 793 Å². The molecule has 8 N–H and O–H groups in total. The Morgan fingerprint density at radius 3 is 0.482 bits per heavy atom. The van der Waals surface area contributed by atoms with E-state index in [1.165, 1.54) is 0 Å². The van der Waals surface area contributed by atoms with Gasteiger partial charge in [-0.1, -0.05) is 243 Å². The minimum atomic E-state index is 0. The number of para-hydroxylation sites is 8. The number of hydrogen-bond donors (Lipinski definition) is 8. The summed E-state index contributed by atoms with van der Waals surface area (Å²) in [5.74, 6) is 1.07. The minimum absolute atomic E-state index is 0. The van der Waals surface area contributed by atoms with E-state index >= 15 is 0 Å². The second-order valence-electron chi connectivity index (χ2n) is 34.5. The van der Waals surface area contributed by atoms with Crippen LogP contribution in [0.4, 0.5) is 45.5 Å². The first-order chi connectivity index (χ1) is 67.4. The van der Waals surface area contributed by atoms with Crippen molar-refractivity contribution >= 4 is 243 Å². The molecule has 8 bridgehead atoms. The van der Waals surface area contributed by atoms with Crippen LogP contribution < -0.4 is 53.4 Å². The summed E-state index contributed by atoms with van der Waals surface area (Å²) in [6.07, 6.45) is 16.5. The topological polar surface area (TPSA) is 241 Å². The molecule has 11 aromatic heterocycles. The summed E-state index contributed by atoms with van der Waals surface area (Å²) in [6.45, 7) is 0. The molecule has 25 heteroatoms. The SMILES string of the molecule is [Mg+2].c1ccc2c(c1)ccn2Nc1c2c(c(Nn3ccc4ccccc43)c3ccccc13)-c1nc-2nc2[n-]c(nc3nc(nc4[n-]c(n1)c1c(Nn5ccc6ccccc65)c5ccccc5c(Nn5ccc6ccccc65)c41)-c1c-3c(Nn3ccc4ccccc43)c3ccccc3c1Nn1ccc3ccccc31)c1c(Nn3ccc4ccccc43)c3ccccc3c(Nn3ccc4ccccc43)c21. The molecule has 2 aliphatic rings. The zero-order valence-electron chi connectivity index (χ0n) is 72.8. The summed E-state index contributed by atoms with van der Waals surface area (Å²) in [6, 6.07) is 118. The second-order valence-corrected chi connectivity index (χ2v) is 34.5. The molecular formula is C112H72MgN24. The maximum atomic E-state index is 6.26. The largest absolute Gasteiger partial charge is 2.00 e. The molecule has 137 heavy (non-hydrogen) atoms. The second kappa shape index (κ2) is 30.2. The van der Waals surface area contributed by atoms with Crippen molar-refractivity contribution in [3.63, 3.8) is 0 Å². The fraction of sp³-hybridized carbons (Fsp3) is 0. The predicted octanol–water partition coefficient (Wildman–Crippen LogP) is 25.0. The number of anilines is 8. The predicted molar refractivity (Wildman–Crippen MR) is 557 cm³/mol. The van der Waals surface area contributed by atoms with Crippen molar-refractivity contribution in [2.75, 3.05) is 43.4 Å². The third kappa shape index (κ3) is 12.0. The van der Waals surface area contributed by atoms with Crippen molar-refractivity contribution in [1.29, 1.82) is 0 Å². The Balaban J connectivity index is 0.00000927. The number of benzene rings is 16. The third-order valence-corrected chi connectivity index (χ3v) is 27.0. The number of aromatic nitrogens is 16. The van der Waals surface area contributed by atoms with Crippen LogP contribution in [0.25, 0.3) is 220 Å². The van der Waals surface area contributed by atoms with Gasteiger partial charge >= 0.3 is 23.1 Å². The van der Waals surface area contributed by atoms with E-state index in [0.717, 1.165) is 130 Å². The first kappa shape index (κ1) is 77.2. The number of fused-ring (bicyclic) bond motifs is 32. The van der Waals surface area contributed by atoms with E-state index in [0.29, 0.717) is 89.3 Å². The average molecular weight is 1780 g/mol. The third-order valence-electron chi connectivity index (χ3n) is 27.0. The molecule has 0 radical (unpaired) electrons. The van der Waals surface area contributed by atoms with Crippen LogP contribution in [0.15, 0.2) is 389 Å². The normalized spacial score (nSPS) is 12.0. The molecule has 0 saturated heterocycles. The molecule has 0 amide bonds. The first-order valence-electron chi connectivity index (χ1n) is 45.1. The maximum absolute atomic E-state index is 6.26. The Hall–Kier alpha value is -18.6. The van der Waals surface area contributed by atoms with E-state index in [1.54, 1.807) is 0 Å². The van der Waals surface area contributed by atoms with Crippen molar-refractivity contribution in [2.45, 2.75) is 0 Å². The Kier molecular flexibility index (Phi) is 17.0. The molecule has 29 rings (SSSR count). The van der Waals surface area contributed by atoms with Crippen molar-refractivity contribution < 1.29 is 0 Å². The summed E-state index contributed by atoms with van der Waals surface area (Å²) in [5.41, 5.74) is 49.0. The summed E-state index contributed by atoms with van der Waals surface area (Å²) in [5, 5.41) is 17.4. The minimum Gasteiger partial charge on any atom is -0.357 e. The maximum Gasteiger partial charge on any atom is 2.00 e. The molecule has 27 aromatic rings. The van der Waals surface area contributed by atoms with E-state index in [-0.39, 0.29) is 68.9 Å². The summed E-state index contributed by atoms with van der Waals surface area (Å²) in [4.78, 5) is 49.4. The van der Waals surface area contributed by atoms with Gasteiger partial charge in [0.05, 0.1) is 113 Å². The van der Waals surface area contributed by atoms with Crippen LogP contribution in [0.1, 0.15) is 0 Å². The average Bonchev–Trinajstić information content (AvgIpc) is 1.55. The Morgan fingerprint density at radius 1 is 0.161 bits per heavy atom. The van der Waals surface area contributed by atoms with Gasteiger partial charge in [0.1, 0.15) is 0 Å². The molecule has 0 saturated carbocycles. The first-order valence-corrected chi connectivity index (χ1v) is 45.1. The van der Waals surface area contributed by atoms with Crippen LogP contribution in [0.5, 0.6) is 0 Å². The zero-order chi connectivity index (χ0) is 88.9. The van der Waals surface area contributed by atoms with E-state index in [2.05, 4.69) is 470 Å². The number of nitrogens with zero attached hydrogens (tertiary/aromatic N) is 16. The van der Waals surface area contributed by atoms with E-state index < -0.39 is 0 Å². The van der Waals surface area contributed by atoms with Crippen molar-refractivity contribution in [1.82, 2.24) is 77.3 Å². The molecule has 0 spiro atoms. The zero-order valence-corrected chi connectivity index (χ0v) is 74.2.